The van der Waals surface area contributed by atoms with Gasteiger partial charge in [0.1, 0.15) is 16.5 Å². The number of hydrogen-bond acceptors (Lipinski definition) is 4. The van der Waals surface area contributed by atoms with Crippen LogP contribution in [0.4, 0.5) is 8.78 Å². The summed E-state index contributed by atoms with van der Waals surface area (Å²) in [5.74, 6) is -2.19. The van der Waals surface area contributed by atoms with E-state index >= 15 is 0 Å². The first kappa shape index (κ1) is 14.4. The van der Waals surface area contributed by atoms with Gasteiger partial charge in [-0.25, -0.2) is 17.2 Å². The second-order valence-electron chi connectivity index (χ2n) is 4.21. The Balaban J connectivity index is 2.05. The van der Waals surface area contributed by atoms with E-state index in [0.717, 1.165) is 18.6 Å². The first-order valence-electron chi connectivity index (χ1n) is 5.90. The Morgan fingerprint density at radius 1 is 1.21 bits per heavy atom. The van der Waals surface area contributed by atoms with E-state index in [4.69, 9.17) is 9.47 Å². The molecule has 0 saturated carbocycles. The third-order valence-corrected chi connectivity index (χ3v) is 4.52. The lowest BCUT2D eigenvalue weighted by Gasteiger charge is -2.22. The molecule has 106 valence electrons. The first-order valence-corrected chi connectivity index (χ1v) is 7.55. The molecule has 0 aromatic heterocycles. The van der Waals surface area contributed by atoms with Crippen LogP contribution < -0.4 is 0 Å². The minimum atomic E-state index is -3.81. The quantitative estimate of drug-likeness (QED) is 0.795. The standard InChI is InChI=1S/C12H14F2O4S/c13-9-2-3-11(10(14)8-9)19(15,16)7-4-12-17-5-1-6-18-12/h2-3,8,12H,1,4-7H2. The highest BCUT2D eigenvalue weighted by Gasteiger charge is 2.23. The maximum absolute atomic E-state index is 13.4. The zero-order valence-electron chi connectivity index (χ0n) is 10.1. The monoisotopic (exact) mass is 292 g/mol. The van der Waals surface area contributed by atoms with E-state index in [2.05, 4.69) is 0 Å². The van der Waals surface area contributed by atoms with Gasteiger partial charge in [-0.05, 0) is 18.6 Å². The maximum Gasteiger partial charge on any atom is 0.181 e. The maximum atomic E-state index is 13.4. The molecule has 7 heteroatoms. The molecular weight excluding hydrogens is 278 g/mol. The summed E-state index contributed by atoms with van der Waals surface area (Å²) in [4.78, 5) is -0.496. The van der Waals surface area contributed by atoms with Crippen LogP contribution in [0.15, 0.2) is 23.1 Å². The third kappa shape index (κ3) is 3.71. The molecule has 19 heavy (non-hydrogen) atoms. The first-order chi connectivity index (χ1) is 8.99. The van der Waals surface area contributed by atoms with Gasteiger partial charge in [-0.1, -0.05) is 0 Å². The highest BCUT2D eigenvalue weighted by atomic mass is 32.2. The molecule has 1 aromatic rings. The summed E-state index contributed by atoms with van der Waals surface area (Å²) >= 11 is 0. The van der Waals surface area contributed by atoms with Gasteiger partial charge in [0.05, 0.1) is 19.0 Å². The largest absolute Gasteiger partial charge is 0.353 e. The van der Waals surface area contributed by atoms with Crippen LogP contribution >= 0.6 is 0 Å². The molecule has 0 bridgehead atoms. The lowest BCUT2D eigenvalue weighted by atomic mass is 10.3. The Bertz CT molecular complexity index is 539. The van der Waals surface area contributed by atoms with Crippen molar-refractivity contribution in [3.63, 3.8) is 0 Å². The van der Waals surface area contributed by atoms with Crippen molar-refractivity contribution in [2.45, 2.75) is 24.0 Å². The topological polar surface area (TPSA) is 52.6 Å². The van der Waals surface area contributed by atoms with E-state index in [9.17, 15) is 17.2 Å². The van der Waals surface area contributed by atoms with Gasteiger partial charge in [-0.15, -0.1) is 0 Å². The second-order valence-corrected chi connectivity index (χ2v) is 6.28. The van der Waals surface area contributed by atoms with Crippen molar-refractivity contribution in [3.05, 3.63) is 29.8 Å². The smallest absolute Gasteiger partial charge is 0.181 e. The van der Waals surface area contributed by atoms with Crippen LogP contribution in [0.5, 0.6) is 0 Å². The van der Waals surface area contributed by atoms with E-state index in [-0.39, 0.29) is 12.2 Å². The molecule has 0 radical (unpaired) electrons. The number of rotatable bonds is 4. The molecule has 1 fully saturated rings. The molecule has 0 amide bonds. The fourth-order valence-corrected chi connectivity index (χ4v) is 3.15. The molecule has 1 aliphatic rings. The van der Waals surface area contributed by atoms with Crippen LogP contribution in [-0.4, -0.2) is 33.7 Å². The molecular formula is C12H14F2O4S. The van der Waals surface area contributed by atoms with E-state index in [1.54, 1.807) is 0 Å². The molecule has 0 N–H and O–H groups in total. The molecule has 1 heterocycles. The van der Waals surface area contributed by atoms with Crippen LogP contribution in [-0.2, 0) is 19.3 Å². The summed E-state index contributed by atoms with van der Waals surface area (Å²) in [6.07, 6.45) is 0.321. The molecule has 0 aliphatic carbocycles. The average molecular weight is 292 g/mol. The fraction of sp³-hybridized carbons (Fsp3) is 0.500. The van der Waals surface area contributed by atoms with Gasteiger partial charge in [-0.3, -0.25) is 0 Å². The van der Waals surface area contributed by atoms with Crippen LogP contribution in [0, 0.1) is 11.6 Å². The van der Waals surface area contributed by atoms with Gasteiger partial charge in [0, 0.05) is 12.5 Å². The van der Waals surface area contributed by atoms with Gasteiger partial charge in [0.2, 0.25) is 0 Å². The minimum Gasteiger partial charge on any atom is -0.353 e. The number of hydrogen-bond donors (Lipinski definition) is 0. The molecule has 0 spiro atoms. The van der Waals surface area contributed by atoms with E-state index in [0.29, 0.717) is 19.3 Å². The van der Waals surface area contributed by atoms with Crippen LogP contribution in [0.2, 0.25) is 0 Å². The van der Waals surface area contributed by atoms with Gasteiger partial charge in [-0.2, -0.15) is 0 Å². The highest BCUT2D eigenvalue weighted by Crippen LogP contribution is 2.19. The summed E-state index contributed by atoms with van der Waals surface area (Å²) in [6.45, 7) is 1.05. The Kier molecular flexibility index (Phi) is 4.49. The lowest BCUT2D eigenvalue weighted by molar-refractivity contribution is -0.178. The Hall–Kier alpha value is -1.05. The fourth-order valence-electron chi connectivity index (χ4n) is 1.79. The molecule has 0 unspecified atom stereocenters. The molecule has 2 rings (SSSR count). The normalized spacial score (nSPS) is 17.6. The van der Waals surface area contributed by atoms with Gasteiger partial charge in [0.15, 0.2) is 16.1 Å². The Morgan fingerprint density at radius 3 is 2.53 bits per heavy atom. The minimum absolute atomic E-state index is 0.124. The van der Waals surface area contributed by atoms with E-state index in [1.165, 1.54) is 0 Å². The molecule has 1 aromatic carbocycles. The zero-order valence-corrected chi connectivity index (χ0v) is 11.0. The van der Waals surface area contributed by atoms with Crippen molar-refractivity contribution in [3.8, 4) is 0 Å². The molecule has 0 atom stereocenters. The Labute approximate surface area is 110 Å². The van der Waals surface area contributed by atoms with Gasteiger partial charge >= 0.3 is 0 Å². The lowest BCUT2D eigenvalue weighted by Crippen LogP contribution is -2.27. The van der Waals surface area contributed by atoms with Gasteiger partial charge in [0.25, 0.3) is 0 Å². The molecule has 1 aliphatic heterocycles. The number of halogens is 2. The van der Waals surface area contributed by atoms with Crippen molar-refractivity contribution in [2.24, 2.45) is 0 Å². The van der Waals surface area contributed by atoms with Crippen molar-refractivity contribution in [1.82, 2.24) is 0 Å². The summed E-state index contributed by atoms with van der Waals surface area (Å²) in [5.41, 5.74) is 0. The van der Waals surface area contributed by atoms with E-state index in [1.807, 2.05) is 0 Å². The number of ether oxygens (including phenoxy) is 2. The SMILES string of the molecule is O=S(=O)(CCC1OCCCO1)c1ccc(F)cc1F. The zero-order chi connectivity index (χ0) is 13.9. The third-order valence-electron chi connectivity index (χ3n) is 2.75. The van der Waals surface area contributed by atoms with E-state index < -0.39 is 32.7 Å². The molecule has 4 nitrogen and oxygen atoms in total. The number of sulfone groups is 1. The molecule has 1 saturated heterocycles. The van der Waals surface area contributed by atoms with Crippen LogP contribution in [0.25, 0.3) is 0 Å². The predicted octanol–water partition coefficient (Wildman–Crippen LogP) is 1.89. The average Bonchev–Trinajstić information content (AvgIpc) is 2.37. The number of benzene rings is 1. The summed E-state index contributed by atoms with van der Waals surface area (Å²) in [6, 6.07) is 2.41. The van der Waals surface area contributed by atoms with Crippen LogP contribution in [0.3, 0.4) is 0 Å². The predicted molar refractivity (Wildman–Crippen MR) is 63.3 cm³/mol. The second kappa shape index (κ2) is 5.94. The Morgan fingerprint density at radius 2 is 1.89 bits per heavy atom. The van der Waals surface area contributed by atoms with Crippen molar-refractivity contribution >= 4 is 9.84 Å². The summed E-state index contributed by atoms with van der Waals surface area (Å²) in [5, 5.41) is 0. The van der Waals surface area contributed by atoms with Gasteiger partial charge < -0.3 is 9.47 Å². The van der Waals surface area contributed by atoms with Crippen molar-refractivity contribution in [1.29, 1.82) is 0 Å². The summed E-state index contributed by atoms with van der Waals surface area (Å²) in [7, 11) is -3.81. The van der Waals surface area contributed by atoms with Crippen LogP contribution in [0.1, 0.15) is 12.8 Å². The highest BCUT2D eigenvalue weighted by molar-refractivity contribution is 7.91. The van der Waals surface area contributed by atoms with Crippen molar-refractivity contribution < 1.29 is 26.7 Å². The van der Waals surface area contributed by atoms with Crippen molar-refractivity contribution in [2.75, 3.05) is 19.0 Å². The summed E-state index contributed by atoms with van der Waals surface area (Å²) < 4.78 is 60.5.